The fourth-order valence-electron chi connectivity index (χ4n) is 3.42. The Kier molecular flexibility index (Phi) is 6.09. The smallest absolute Gasteiger partial charge is 0.336 e. The van der Waals surface area contributed by atoms with Crippen LogP contribution in [0.15, 0.2) is 48.5 Å². The van der Waals surface area contributed by atoms with Crippen LogP contribution in [0.4, 0.5) is 0 Å². The predicted octanol–water partition coefficient (Wildman–Crippen LogP) is 2.66. The molecular weight excluding hydrogens is 356 g/mol. The number of likely N-dealkylation sites (tertiary alicyclic amines) is 1. The molecule has 6 nitrogen and oxygen atoms in total. The maximum absolute atomic E-state index is 12.7. The van der Waals surface area contributed by atoms with Gasteiger partial charge in [0, 0.05) is 19.1 Å². The second-order valence-corrected chi connectivity index (χ2v) is 7.15. The van der Waals surface area contributed by atoms with Crippen molar-refractivity contribution in [2.75, 3.05) is 13.1 Å². The summed E-state index contributed by atoms with van der Waals surface area (Å²) in [6, 6.07) is 14.2. The Bertz CT molecular complexity index is 868. The molecule has 0 unspecified atom stereocenters. The third kappa shape index (κ3) is 4.76. The molecule has 0 spiro atoms. The molecule has 3 rings (SSSR count). The zero-order valence-corrected chi connectivity index (χ0v) is 15.9. The number of piperidine rings is 1. The molecule has 2 amide bonds. The summed E-state index contributed by atoms with van der Waals surface area (Å²) in [7, 11) is 0. The van der Waals surface area contributed by atoms with Gasteiger partial charge < -0.3 is 15.3 Å². The van der Waals surface area contributed by atoms with Gasteiger partial charge in [0.25, 0.3) is 5.91 Å². The van der Waals surface area contributed by atoms with Gasteiger partial charge in [-0.25, -0.2) is 4.79 Å². The number of aromatic carboxylic acids is 1. The summed E-state index contributed by atoms with van der Waals surface area (Å²) in [5.41, 5.74) is 2.35. The Morgan fingerprint density at radius 2 is 1.61 bits per heavy atom. The number of hydrogen-bond acceptors (Lipinski definition) is 3. The lowest BCUT2D eigenvalue weighted by molar-refractivity contribution is -0.121. The molecule has 1 aliphatic rings. The number of aryl methyl sites for hydroxylation is 1. The number of hydrogen-bond donors (Lipinski definition) is 2. The van der Waals surface area contributed by atoms with Crippen molar-refractivity contribution in [1.82, 2.24) is 10.2 Å². The molecule has 2 aromatic carbocycles. The normalized spacial score (nSPS) is 14.5. The first-order valence-electron chi connectivity index (χ1n) is 9.40. The Labute approximate surface area is 164 Å². The van der Waals surface area contributed by atoms with E-state index in [1.165, 1.54) is 6.07 Å². The van der Waals surface area contributed by atoms with E-state index >= 15 is 0 Å². The Hall–Kier alpha value is -3.15. The lowest BCUT2D eigenvalue weighted by Gasteiger charge is -2.32. The summed E-state index contributed by atoms with van der Waals surface area (Å²) in [6.45, 7) is 2.98. The van der Waals surface area contributed by atoms with Crippen molar-refractivity contribution in [3.05, 3.63) is 70.8 Å². The molecule has 28 heavy (non-hydrogen) atoms. The molecule has 1 saturated heterocycles. The lowest BCUT2D eigenvalue weighted by atomic mass is 10.0. The molecule has 6 heteroatoms. The topological polar surface area (TPSA) is 86.7 Å². The van der Waals surface area contributed by atoms with E-state index < -0.39 is 5.97 Å². The van der Waals surface area contributed by atoms with Gasteiger partial charge in [-0.3, -0.25) is 9.59 Å². The number of carboxylic acids is 1. The van der Waals surface area contributed by atoms with Crippen LogP contribution in [0.5, 0.6) is 0 Å². The quantitative estimate of drug-likeness (QED) is 0.835. The Balaban J connectivity index is 1.53. The molecular formula is C22H24N2O4. The molecule has 0 aromatic heterocycles. The summed E-state index contributed by atoms with van der Waals surface area (Å²) in [5, 5.41) is 12.3. The zero-order valence-electron chi connectivity index (χ0n) is 15.9. The largest absolute Gasteiger partial charge is 0.478 e. The highest BCUT2D eigenvalue weighted by Gasteiger charge is 2.26. The highest BCUT2D eigenvalue weighted by molar-refractivity contribution is 6.04. The number of benzene rings is 2. The SMILES string of the molecule is Cc1ccc(CC(=O)NC2CCN(C(=O)c3ccccc3C(=O)O)CC2)cc1. The first-order chi connectivity index (χ1) is 13.4. The molecule has 146 valence electrons. The van der Waals surface area contributed by atoms with Crippen molar-refractivity contribution in [1.29, 1.82) is 0 Å². The van der Waals surface area contributed by atoms with E-state index in [1.807, 2.05) is 31.2 Å². The summed E-state index contributed by atoms with van der Waals surface area (Å²) in [5.74, 6) is -1.41. The molecule has 1 heterocycles. The van der Waals surface area contributed by atoms with Crippen LogP contribution >= 0.6 is 0 Å². The highest BCUT2D eigenvalue weighted by Crippen LogP contribution is 2.17. The second-order valence-electron chi connectivity index (χ2n) is 7.15. The van der Waals surface area contributed by atoms with Crippen molar-refractivity contribution in [2.45, 2.75) is 32.2 Å². The average molecular weight is 380 g/mol. The minimum atomic E-state index is -1.11. The van der Waals surface area contributed by atoms with E-state index in [0.717, 1.165) is 11.1 Å². The van der Waals surface area contributed by atoms with Gasteiger partial charge in [0.05, 0.1) is 17.5 Å². The van der Waals surface area contributed by atoms with Crippen LogP contribution in [0.25, 0.3) is 0 Å². The van der Waals surface area contributed by atoms with Crippen molar-refractivity contribution in [3.8, 4) is 0 Å². The van der Waals surface area contributed by atoms with Crippen LogP contribution in [0.2, 0.25) is 0 Å². The minimum absolute atomic E-state index is 0.0148. The molecule has 0 saturated carbocycles. The molecule has 0 bridgehead atoms. The number of carbonyl (C=O) groups is 3. The van der Waals surface area contributed by atoms with E-state index in [-0.39, 0.29) is 29.0 Å². The molecule has 1 fully saturated rings. The summed E-state index contributed by atoms with van der Waals surface area (Å²) < 4.78 is 0. The average Bonchev–Trinajstić information content (AvgIpc) is 2.69. The van der Waals surface area contributed by atoms with Crippen molar-refractivity contribution < 1.29 is 19.5 Å². The molecule has 0 radical (unpaired) electrons. The van der Waals surface area contributed by atoms with Gasteiger partial charge in [0.2, 0.25) is 5.91 Å². The van der Waals surface area contributed by atoms with Crippen LogP contribution in [0.3, 0.4) is 0 Å². The maximum atomic E-state index is 12.7. The number of carbonyl (C=O) groups excluding carboxylic acids is 2. The van der Waals surface area contributed by atoms with E-state index in [0.29, 0.717) is 32.4 Å². The fourth-order valence-corrected chi connectivity index (χ4v) is 3.42. The summed E-state index contributed by atoms with van der Waals surface area (Å²) in [4.78, 5) is 38.0. The minimum Gasteiger partial charge on any atom is -0.478 e. The van der Waals surface area contributed by atoms with Gasteiger partial charge in [0.15, 0.2) is 0 Å². The van der Waals surface area contributed by atoms with E-state index in [2.05, 4.69) is 5.32 Å². The molecule has 2 N–H and O–H groups in total. The number of rotatable bonds is 5. The highest BCUT2D eigenvalue weighted by atomic mass is 16.4. The van der Waals surface area contributed by atoms with Crippen molar-refractivity contribution in [2.24, 2.45) is 0 Å². The van der Waals surface area contributed by atoms with Crippen LogP contribution in [-0.4, -0.2) is 46.9 Å². The number of amides is 2. The lowest BCUT2D eigenvalue weighted by Crippen LogP contribution is -2.47. The Morgan fingerprint density at radius 1 is 1.00 bits per heavy atom. The number of carboxylic acid groups (broad SMARTS) is 1. The number of nitrogens with one attached hydrogen (secondary N) is 1. The van der Waals surface area contributed by atoms with Crippen LogP contribution in [0, 0.1) is 6.92 Å². The fraction of sp³-hybridized carbons (Fsp3) is 0.318. The third-order valence-corrected chi connectivity index (χ3v) is 5.02. The molecule has 1 aliphatic heterocycles. The van der Waals surface area contributed by atoms with Gasteiger partial charge in [-0.15, -0.1) is 0 Å². The molecule has 0 aliphatic carbocycles. The monoisotopic (exact) mass is 380 g/mol. The van der Waals surface area contributed by atoms with Gasteiger partial charge in [-0.1, -0.05) is 42.0 Å². The van der Waals surface area contributed by atoms with E-state index in [1.54, 1.807) is 23.1 Å². The first-order valence-corrected chi connectivity index (χ1v) is 9.40. The second kappa shape index (κ2) is 8.69. The van der Waals surface area contributed by atoms with Crippen molar-refractivity contribution in [3.63, 3.8) is 0 Å². The zero-order chi connectivity index (χ0) is 20.1. The Morgan fingerprint density at radius 3 is 2.21 bits per heavy atom. The standard InChI is InChI=1S/C22H24N2O4/c1-15-6-8-16(9-7-15)14-20(25)23-17-10-12-24(13-11-17)21(26)18-4-2-3-5-19(18)22(27)28/h2-9,17H,10-14H2,1H3,(H,23,25)(H,27,28). The number of nitrogens with zero attached hydrogens (tertiary/aromatic N) is 1. The first kappa shape index (κ1) is 19.6. The van der Waals surface area contributed by atoms with Gasteiger partial charge in [0.1, 0.15) is 0 Å². The van der Waals surface area contributed by atoms with Crippen LogP contribution in [0.1, 0.15) is 44.7 Å². The van der Waals surface area contributed by atoms with Crippen LogP contribution in [-0.2, 0) is 11.2 Å². The van der Waals surface area contributed by atoms with E-state index in [9.17, 15) is 19.5 Å². The maximum Gasteiger partial charge on any atom is 0.336 e. The molecule has 0 atom stereocenters. The van der Waals surface area contributed by atoms with Gasteiger partial charge in [-0.05, 0) is 37.5 Å². The van der Waals surface area contributed by atoms with Gasteiger partial charge >= 0.3 is 5.97 Å². The van der Waals surface area contributed by atoms with Crippen LogP contribution < -0.4 is 5.32 Å². The van der Waals surface area contributed by atoms with Crippen molar-refractivity contribution >= 4 is 17.8 Å². The predicted molar refractivity (Wildman–Crippen MR) is 105 cm³/mol. The third-order valence-electron chi connectivity index (χ3n) is 5.02. The van der Waals surface area contributed by atoms with Gasteiger partial charge in [-0.2, -0.15) is 0 Å². The summed E-state index contributed by atoms with van der Waals surface area (Å²) in [6.07, 6.45) is 1.65. The van der Waals surface area contributed by atoms with E-state index in [4.69, 9.17) is 0 Å². The molecule has 2 aromatic rings. The summed E-state index contributed by atoms with van der Waals surface area (Å²) >= 11 is 0.